The van der Waals surface area contributed by atoms with E-state index in [9.17, 15) is 8.42 Å². The number of anilines is 1. The second-order valence-electron chi connectivity index (χ2n) is 4.60. The molecular weight excluding hydrogens is 274 g/mol. The molecule has 20 heavy (non-hydrogen) atoms. The summed E-state index contributed by atoms with van der Waals surface area (Å²) in [5, 5.41) is 0. The second-order valence-corrected chi connectivity index (χ2v) is 6.28. The van der Waals surface area contributed by atoms with E-state index in [1.165, 1.54) is 0 Å². The maximum absolute atomic E-state index is 12.4. The Labute approximate surface area is 119 Å². The Morgan fingerprint density at radius 3 is 2.60 bits per heavy atom. The molecule has 2 aromatic rings. The van der Waals surface area contributed by atoms with Gasteiger partial charge in [0.2, 0.25) is 0 Å². The highest BCUT2D eigenvalue weighted by Crippen LogP contribution is 2.21. The number of benzene rings is 1. The first-order valence-electron chi connectivity index (χ1n) is 6.44. The second kappa shape index (κ2) is 5.68. The third-order valence-electron chi connectivity index (χ3n) is 3.24. The van der Waals surface area contributed by atoms with Crippen LogP contribution in [0.3, 0.4) is 0 Å². The Bertz CT molecular complexity index is 705. The van der Waals surface area contributed by atoms with Crippen LogP contribution in [0.2, 0.25) is 0 Å². The molecule has 0 radical (unpaired) electrons. The summed E-state index contributed by atoms with van der Waals surface area (Å²) < 4.78 is 29.1. The fourth-order valence-corrected chi connectivity index (χ4v) is 3.25. The maximum atomic E-state index is 12.4. The number of para-hydroxylation sites is 1. The van der Waals surface area contributed by atoms with Gasteiger partial charge >= 0.3 is 0 Å². The predicted molar refractivity (Wildman–Crippen MR) is 79.9 cm³/mol. The summed E-state index contributed by atoms with van der Waals surface area (Å²) in [6, 6.07) is 8.98. The Hall–Kier alpha value is -1.79. The molecule has 0 unspecified atom stereocenters. The summed E-state index contributed by atoms with van der Waals surface area (Å²) in [5.41, 5.74) is 7.92. The number of aromatic nitrogens is 1. The highest BCUT2D eigenvalue weighted by atomic mass is 32.2. The van der Waals surface area contributed by atoms with Gasteiger partial charge in [-0.2, -0.15) is 0 Å². The molecular formula is C14H19N3O2S. The Morgan fingerprint density at radius 1 is 1.30 bits per heavy atom. The molecule has 1 aromatic carbocycles. The van der Waals surface area contributed by atoms with Crippen LogP contribution in [0.15, 0.2) is 41.4 Å². The molecule has 0 bridgehead atoms. The summed E-state index contributed by atoms with van der Waals surface area (Å²) in [6.07, 6.45) is 2.33. The predicted octanol–water partition coefficient (Wildman–Crippen LogP) is 1.85. The first-order valence-corrected chi connectivity index (χ1v) is 7.92. The first-order chi connectivity index (χ1) is 9.47. The highest BCUT2D eigenvalue weighted by molar-refractivity contribution is 7.92. The third-order valence-corrected chi connectivity index (χ3v) is 4.58. The van der Waals surface area contributed by atoms with E-state index in [2.05, 4.69) is 4.72 Å². The number of sulfonamides is 1. The minimum Gasteiger partial charge on any atom is -0.352 e. The van der Waals surface area contributed by atoms with Crippen molar-refractivity contribution in [1.82, 2.24) is 4.57 Å². The first kappa shape index (κ1) is 14.6. The lowest BCUT2D eigenvalue weighted by Gasteiger charge is -2.10. The topological polar surface area (TPSA) is 77.1 Å². The van der Waals surface area contributed by atoms with Crippen LogP contribution in [0.1, 0.15) is 18.2 Å². The monoisotopic (exact) mass is 293 g/mol. The number of rotatable bonds is 5. The molecule has 1 heterocycles. The van der Waals surface area contributed by atoms with E-state index in [0.717, 1.165) is 17.7 Å². The Morgan fingerprint density at radius 2 is 2.00 bits per heavy atom. The normalized spacial score (nSPS) is 11.6. The molecule has 0 saturated heterocycles. The lowest BCUT2D eigenvalue weighted by Crippen LogP contribution is -2.13. The van der Waals surface area contributed by atoms with E-state index < -0.39 is 10.0 Å². The van der Waals surface area contributed by atoms with E-state index in [4.69, 9.17) is 5.73 Å². The lowest BCUT2D eigenvalue weighted by molar-refractivity contribution is 0.601. The molecule has 0 aliphatic rings. The molecule has 108 valence electrons. The van der Waals surface area contributed by atoms with Crippen LogP contribution < -0.4 is 10.5 Å². The molecule has 1 aromatic heterocycles. The number of aryl methyl sites for hydroxylation is 2. The molecule has 0 fully saturated rings. The number of hydrogen-bond donors (Lipinski definition) is 2. The van der Waals surface area contributed by atoms with Crippen molar-refractivity contribution >= 4 is 15.7 Å². The van der Waals surface area contributed by atoms with Crippen LogP contribution in [-0.2, 0) is 30.0 Å². The largest absolute Gasteiger partial charge is 0.352 e. The van der Waals surface area contributed by atoms with Crippen molar-refractivity contribution in [3.8, 4) is 0 Å². The Kier molecular flexibility index (Phi) is 4.15. The molecule has 3 N–H and O–H groups in total. The highest BCUT2D eigenvalue weighted by Gasteiger charge is 2.18. The van der Waals surface area contributed by atoms with Gasteiger partial charge in [-0.05, 0) is 24.1 Å². The summed E-state index contributed by atoms with van der Waals surface area (Å²) >= 11 is 0. The average Bonchev–Trinajstić information content (AvgIpc) is 2.81. The van der Waals surface area contributed by atoms with E-state index in [-0.39, 0.29) is 4.90 Å². The van der Waals surface area contributed by atoms with Crippen molar-refractivity contribution in [1.29, 1.82) is 0 Å². The van der Waals surface area contributed by atoms with Gasteiger partial charge < -0.3 is 10.3 Å². The van der Waals surface area contributed by atoms with Crippen molar-refractivity contribution in [2.45, 2.75) is 24.8 Å². The zero-order chi connectivity index (χ0) is 14.8. The number of nitrogens with one attached hydrogen (secondary N) is 1. The van der Waals surface area contributed by atoms with Gasteiger partial charge in [0.15, 0.2) is 0 Å². The van der Waals surface area contributed by atoms with Crippen molar-refractivity contribution in [2.75, 3.05) is 4.72 Å². The van der Waals surface area contributed by atoms with E-state index in [1.54, 1.807) is 29.9 Å². The van der Waals surface area contributed by atoms with Gasteiger partial charge in [-0.25, -0.2) is 8.42 Å². The molecule has 5 nitrogen and oxygen atoms in total. The van der Waals surface area contributed by atoms with E-state index in [0.29, 0.717) is 12.2 Å². The van der Waals surface area contributed by atoms with Gasteiger partial charge in [-0.3, -0.25) is 4.72 Å². The van der Waals surface area contributed by atoms with Crippen LogP contribution in [0, 0.1) is 0 Å². The SMILES string of the molecule is CCc1ccccc1NS(=O)(=O)c1cc(CN)n(C)c1. The van der Waals surface area contributed by atoms with Gasteiger partial charge in [0.05, 0.1) is 5.69 Å². The van der Waals surface area contributed by atoms with Crippen molar-refractivity contribution < 1.29 is 8.42 Å². The quantitative estimate of drug-likeness (QED) is 0.883. The summed E-state index contributed by atoms with van der Waals surface area (Å²) in [4.78, 5) is 0.228. The number of nitrogens with two attached hydrogens (primary N) is 1. The summed E-state index contributed by atoms with van der Waals surface area (Å²) in [7, 11) is -1.81. The van der Waals surface area contributed by atoms with Crippen molar-refractivity contribution in [2.24, 2.45) is 12.8 Å². The Balaban J connectivity index is 2.35. The van der Waals surface area contributed by atoms with Crippen LogP contribution in [0.4, 0.5) is 5.69 Å². The van der Waals surface area contributed by atoms with Crippen LogP contribution >= 0.6 is 0 Å². The number of hydrogen-bond acceptors (Lipinski definition) is 3. The fraction of sp³-hybridized carbons (Fsp3) is 0.286. The standard InChI is InChI=1S/C14H19N3O2S/c1-3-11-6-4-5-7-14(11)16-20(18,19)13-8-12(9-15)17(2)10-13/h4-8,10,16H,3,9,15H2,1-2H3. The molecule has 0 aliphatic carbocycles. The molecule has 6 heteroatoms. The van der Waals surface area contributed by atoms with Gasteiger partial charge in [-0.1, -0.05) is 25.1 Å². The van der Waals surface area contributed by atoms with Gasteiger partial charge in [-0.15, -0.1) is 0 Å². The fourth-order valence-electron chi connectivity index (χ4n) is 2.06. The smallest absolute Gasteiger partial charge is 0.263 e. The van der Waals surface area contributed by atoms with E-state index >= 15 is 0 Å². The molecule has 0 aliphatic heterocycles. The van der Waals surface area contributed by atoms with Gasteiger partial charge in [0, 0.05) is 25.5 Å². The minimum atomic E-state index is -3.58. The van der Waals surface area contributed by atoms with Crippen LogP contribution in [0.25, 0.3) is 0 Å². The van der Waals surface area contributed by atoms with Crippen LogP contribution in [0.5, 0.6) is 0 Å². The molecule has 0 amide bonds. The number of nitrogens with zero attached hydrogens (tertiary/aromatic N) is 1. The molecule has 0 spiro atoms. The van der Waals surface area contributed by atoms with Crippen molar-refractivity contribution in [3.63, 3.8) is 0 Å². The zero-order valence-electron chi connectivity index (χ0n) is 11.6. The minimum absolute atomic E-state index is 0.228. The summed E-state index contributed by atoms with van der Waals surface area (Å²) in [6.45, 7) is 2.29. The maximum Gasteiger partial charge on any atom is 0.263 e. The van der Waals surface area contributed by atoms with Gasteiger partial charge in [0.25, 0.3) is 10.0 Å². The van der Waals surface area contributed by atoms with Crippen LogP contribution in [-0.4, -0.2) is 13.0 Å². The van der Waals surface area contributed by atoms with E-state index in [1.807, 2.05) is 25.1 Å². The summed E-state index contributed by atoms with van der Waals surface area (Å²) in [5.74, 6) is 0. The lowest BCUT2D eigenvalue weighted by atomic mass is 10.1. The zero-order valence-corrected chi connectivity index (χ0v) is 12.4. The van der Waals surface area contributed by atoms with Crippen molar-refractivity contribution in [3.05, 3.63) is 47.8 Å². The van der Waals surface area contributed by atoms with Gasteiger partial charge in [0.1, 0.15) is 4.90 Å². The average molecular weight is 293 g/mol. The molecule has 2 rings (SSSR count). The third kappa shape index (κ3) is 2.86. The molecule has 0 atom stereocenters. The molecule has 0 saturated carbocycles.